The number of fused-ring (bicyclic) bond motifs is 1. The van der Waals surface area contributed by atoms with Gasteiger partial charge in [0, 0.05) is 0 Å². The van der Waals surface area contributed by atoms with Crippen LogP contribution >= 0.6 is 0 Å². The van der Waals surface area contributed by atoms with E-state index in [1.54, 1.807) is 109 Å². The molecule has 5 fully saturated rings. The Labute approximate surface area is 195 Å². The minimum absolute atomic E-state index is 1.07. The fourth-order valence-corrected chi connectivity index (χ4v) is 10.3. The Bertz CT molecular complexity index is 528. The van der Waals surface area contributed by atoms with Crippen LogP contribution in [0.25, 0.3) is 0 Å². The second-order valence-electron chi connectivity index (χ2n) is 13.1. The number of rotatable bonds is 6. The molecule has 5 saturated carbocycles. The van der Waals surface area contributed by atoms with Gasteiger partial charge in [0.05, 0.1) is 0 Å². The van der Waals surface area contributed by atoms with Crippen molar-refractivity contribution >= 4 is 0 Å². The number of hydrogen-bond acceptors (Lipinski definition) is 0. The van der Waals surface area contributed by atoms with Gasteiger partial charge in [-0.05, 0) is 91.8 Å². The highest BCUT2D eigenvalue weighted by Gasteiger charge is 2.42. The second-order valence-corrected chi connectivity index (χ2v) is 13.1. The molecule has 5 rings (SSSR count). The summed E-state index contributed by atoms with van der Waals surface area (Å²) < 4.78 is 0. The molecule has 0 aromatic rings. The first kappa shape index (κ1) is 22.8. The summed E-state index contributed by atoms with van der Waals surface area (Å²) in [5.74, 6) is 9.96. The lowest BCUT2D eigenvalue weighted by atomic mass is 9.59. The molecule has 0 heterocycles. The van der Waals surface area contributed by atoms with Gasteiger partial charge in [0.15, 0.2) is 0 Å². The van der Waals surface area contributed by atoms with E-state index in [2.05, 4.69) is 6.92 Å². The third-order valence-electron chi connectivity index (χ3n) is 11.8. The van der Waals surface area contributed by atoms with Crippen molar-refractivity contribution in [3.05, 3.63) is 0 Å². The van der Waals surface area contributed by atoms with Crippen LogP contribution in [0.1, 0.15) is 142 Å². The predicted octanol–water partition coefficient (Wildman–Crippen LogP) is 9.81. The van der Waals surface area contributed by atoms with Gasteiger partial charge in [-0.15, -0.1) is 0 Å². The maximum atomic E-state index is 2.57. The van der Waals surface area contributed by atoms with E-state index in [0.29, 0.717) is 0 Å². The summed E-state index contributed by atoms with van der Waals surface area (Å²) in [4.78, 5) is 0. The van der Waals surface area contributed by atoms with E-state index >= 15 is 0 Å². The van der Waals surface area contributed by atoms with Crippen molar-refractivity contribution in [2.75, 3.05) is 0 Å². The predicted molar refractivity (Wildman–Crippen MR) is 134 cm³/mol. The van der Waals surface area contributed by atoms with E-state index in [9.17, 15) is 0 Å². The summed E-state index contributed by atoms with van der Waals surface area (Å²) in [6.07, 6.45) is 33.0. The van der Waals surface area contributed by atoms with E-state index in [1.165, 1.54) is 25.7 Å². The van der Waals surface area contributed by atoms with Gasteiger partial charge in [0.2, 0.25) is 0 Å². The maximum Gasteiger partial charge on any atom is -0.0355 e. The van der Waals surface area contributed by atoms with Gasteiger partial charge in [-0.1, -0.05) is 103 Å². The molecule has 0 spiro atoms. The van der Waals surface area contributed by atoms with E-state index in [1.807, 2.05) is 0 Å². The molecule has 5 aliphatic rings. The summed E-state index contributed by atoms with van der Waals surface area (Å²) in [5, 5.41) is 0. The molecule has 0 amide bonds. The summed E-state index contributed by atoms with van der Waals surface area (Å²) in [6, 6.07) is 0. The van der Waals surface area contributed by atoms with Crippen LogP contribution < -0.4 is 0 Å². The van der Waals surface area contributed by atoms with Gasteiger partial charge in [-0.2, -0.15) is 0 Å². The fraction of sp³-hybridized carbons (Fsp3) is 1.00. The topological polar surface area (TPSA) is 0 Å². The Balaban J connectivity index is 1.22. The van der Waals surface area contributed by atoms with Crippen LogP contribution in [0, 0.1) is 53.3 Å². The van der Waals surface area contributed by atoms with Crippen LogP contribution in [-0.2, 0) is 0 Å². The third-order valence-corrected chi connectivity index (χ3v) is 11.8. The Kier molecular flexibility index (Phi) is 8.05. The normalized spacial score (nSPS) is 43.5. The molecule has 0 heteroatoms. The minimum atomic E-state index is 1.07. The van der Waals surface area contributed by atoms with Gasteiger partial charge in [0.1, 0.15) is 0 Å². The molecular weight excluding hydrogens is 372 g/mol. The summed E-state index contributed by atoms with van der Waals surface area (Å²) in [6.45, 7) is 2.57. The third kappa shape index (κ3) is 5.24. The average Bonchev–Trinajstić information content (AvgIpc) is 3.31. The molecule has 0 aromatic carbocycles. The zero-order valence-corrected chi connectivity index (χ0v) is 21.0. The second kappa shape index (κ2) is 11.0. The Morgan fingerprint density at radius 1 is 0.548 bits per heavy atom. The molecule has 0 nitrogen and oxygen atoms in total. The van der Waals surface area contributed by atoms with Crippen molar-refractivity contribution in [2.45, 2.75) is 142 Å². The van der Waals surface area contributed by atoms with Gasteiger partial charge < -0.3 is 0 Å². The van der Waals surface area contributed by atoms with Crippen molar-refractivity contribution in [3.8, 4) is 0 Å². The van der Waals surface area contributed by atoms with Crippen molar-refractivity contribution in [3.63, 3.8) is 0 Å². The molecule has 0 radical (unpaired) electrons. The van der Waals surface area contributed by atoms with Gasteiger partial charge in [-0.25, -0.2) is 0 Å². The highest BCUT2D eigenvalue weighted by Crippen LogP contribution is 2.53. The molecule has 31 heavy (non-hydrogen) atoms. The molecule has 8 unspecified atom stereocenters. The number of hydrogen-bond donors (Lipinski definition) is 0. The van der Waals surface area contributed by atoms with E-state index in [0.717, 1.165) is 53.3 Å². The first-order valence-electron chi connectivity index (χ1n) is 15.3. The van der Waals surface area contributed by atoms with Crippen molar-refractivity contribution < 1.29 is 0 Å². The maximum absolute atomic E-state index is 2.57. The first-order valence-corrected chi connectivity index (χ1v) is 15.3. The lowest BCUT2D eigenvalue weighted by Gasteiger charge is -2.46. The van der Waals surface area contributed by atoms with Crippen molar-refractivity contribution in [1.29, 1.82) is 0 Å². The van der Waals surface area contributed by atoms with Crippen molar-refractivity contribution in [1.82, 2.24) is 0 Å². The lowest BCUT2D eigenvalue weighted by Crippen LogP contribution is -2.36. The molecule has 0 aromatic heterocycles. The summed E-state index contributed by atoms with van der Waals surface area (Å²) in [7, 11) is 0. The van der Waals surface area contributed by atoms with Gasteiger partial charge in [0.25, 0.3) is 0 Å². The largest absolute Gasteiger partial charge is 0.0651 e. The quantitative estimate of drug-likeness (QED) is 0.396. The van der Waals surface area contributed by atoms with Crippen LogP contribution in [0.5, 0.6) is 0 Å². The van der Waals surface area contributed by atoms with Crippen LogP contribution in [0.2, 0.25) is 0 Å². The minimum Gasteiger partial charge on any atom is -0.0651 e. The highest BCUT2D eigenvalue weighted by molar-refractivity contribution is 4.93. The zero-order valence-electron chi connectivity index (χ0n) is 21.0. The Morgan fingerprint density at radius 2 is 1.23 bits per heavy atom. The summed E-state index contributed by atoms with van der Waals surface area (Å²) >= 11 is 0. The molecule has 5 aliphatic carbocycles. The lowest BCUT2D eigenvalue weighted by molar-refractivity contribution is 0.0436. The summed E-state index contributed by atoms with van der Waals surface area (Å²) in [5.41, 5.74) is 0. The molecule has 0 bridgehead atoms. The molecular formula is C31H54. The van der Waals surface area contributed by atoms with Crippen LogP contribution in [0.3, 0.4) is 0 Å². The molecule has 0 N–H and O–H groups in total. The van der Waals surface area contributed by atoms with E-state index in [4.69, 9.17) is 0 Å². The average molecular weight is 427 g/mol. The highest BCUT2D eigenvalue weighted by atomic mass is 14.5. The van der Waals surface area contributed by atoms with E-state index < -0.39 is 0 Å². The monoisotopic (exact) mass is 426 g/mol. The Morgan fingerprint density at radius 3 is 2.10 bits per heavy atom. The standard InChI is InChI=1S/C31H54/c1-2-29(28-20-19-25(21-28)23-11-4-3-5-12-23)31-18-9-7-14-27(31)22-26-16-10-15-24-13-6-8-17-30(24)26/h23-31H,2-22H2,1H3. The molecule has 0 saturated heterocycles. The fourth-order valence-electron chi connectivity index (χ4n) is 10.3. The molecule has 0 aliphatic heterocycles. The van der Waals surface area contributed by atoms with Gasteiger partial charge in [-0.3, -0.25) is 0 Å². The molecule has 178 valence electrons. The van der Waals surface area contributed by atoms with Crippen LogP contribution in [0.15, 0.2) is 0 Å². The zero-order chi connectivity index (χ0) is 21.0. The Hall–Kier alpha value is 0. The van der Waals surface area contributed by atoms with Gasteiger partial charge >= 0.3 is 0 Å². The van der Waals surface area contributed by atoms with Crippen LogP contribution in [-0.4, -0.2) is 0 Å². The van der Waals surface area contributed by atoms with Crippen molar-refractivity contribution in [2.24, 2.45) is 53.3 Å². The SMILES string of the molecule is CCC(C1CCC(C2CCCCC2)C1)C1CCCCC1CC1CCCC2CCCCC21. The first-order chi connectivity index (χ1) is 15.3. The van der Waals surface area contributed by atoms with E-state index in [-0.39, 0.29) is 0 Å². The van der Waals surface area contributed by atoms with Crippen LogP contribution in [0.4, 0.5) is 0 Å². The molecule has 8 atom stereocenters. The smallest absolute Gasteiger partial charge is 0.0355 e.